The van der Waals surface area contributed by atoms with Crippen LogP contribution in [0.4, 0.5) is 10.1 Å². The van der Waals surface area contributed by atoms with E-state index in [0.717, 1.165) is 0 Å². The van der Waals surface area contributed by atoms with Crippen molar-refractivity contribution in [2.24, 2.45) is 5.92 Å². The van der Waals surface area contributed by atoms with E-state index in [1.54, 1.807) is 42.5 Å². The highest BCUT2D eigenvalue weighted by molar-refractivity contribution is 5.90. The highest BCUT2D eigenvalue weighted by Gasteiger charge is 2.17. The lowest BCUT2D eigenvalue weighted by Crippen LogP contribution is -2.13. The first kappa shape index (κ1) is 18.6. The van der Waals surface area contributed by atoms with Gasteiger partial charge in [0.15, 0.2) is 5.82 Å². The molecule has 27 heavy (non-hydrogen) atoms. The summed E-state index contributed by atoms with van der Waals surface area (Å²) in [4.78, 5) is 16.2. The van der Waals surface area contributed by atoms with Gasteiger partial charge in [0.25, 0.3) is 0 Å². The van der Waals surface area contributed by atoms with Gasteiger partial charge in [-0.1, -0.05) is 26.0 Å². The zero-order valence-electron chi connectivity index (χ0n) is 15.4. The predicted molar refractivity (Wildman–Crippen MR) is 101 cm³/mol. The Morgan fingerprint density at radius 1 is 1.19 bits per heavy atom. The summed E-state index contributed by atoms with van der Waals surface area (Å²) in [6, 6.07) is 13.6. The molecule has 3 aromatic rings. The van der Waals surface area contributed by atoms with Gasteiger partial charge in [0, 0.05) is 12.1 Å². The number of amides is 1. The molecule has 0 saturated carbocycles. The highest BCUT2D eigenvalue weighted by Crippen LogP contribution is 2.26. The molecule has 0 unspecified atom stereocenters. The van der Waals surface area contributed by atoms with Crippen LogP contribution < -0.4 is 10.1 Å². The number of hydrogen-bond donors (Lipinski definition) is 1. The number of hydrogen-bond acceptors (Lipinski definition) is 4. The van der Waals surface area contributed by atoms with Gasteiger partial charge in [0.2, 0.25) is 5.91 Å². The number of aromatic nitrogens is 3. The summed E-state index contributed by atoms with van der Waals surface area (Å²) in [5.41, 5.74) is 1.68. The SMILES string of the molecule is COc1nc(-c2ccccc2F)n(-c2ccc(NC(=O)CC(C)C)cc2)n1. The Morgan fingerprint density at radius 2 is 1.89 bits per heavy atom. The molecule has 0 saturated heterocycles. The minimum Gasteiger partial charge on any atom is -0.466 e. The Hall–Kier alpha value is -3.22. The minimum absolute atomic E-state index is 0.0350. The normalized spacial score (nSPS) is 10.9. The molecule has 0 aliphatic heterocycles. The van der Waals surface area contributed by atoms with Crippen molar-refractivity contribution in [3.05, 3.63) is 54.3 Å². The van der Waals surface area contributed by atoms with Crippen molar-refractivity contribution in [3.8, 4) is 23.1 Å². The van der Waals surface area contributed by atoms with Gasteiger partial charge < -0.3 is 10.1 Å². The first-order valence-corrected chi connectivity index (χ1v) is 8.64. The van der Waals surface area contributed by atoms with Gasteiger partial charge in [0.05, 0.1) is 18.4 Å². The van der Waals surface area contributed by atoms with Crippen LogP contribution in [0.5, 0.6) is 6.01 Å². The monoisotopic (exact) mass is 368 g/mol. The number of rotatable bonds is 6. The maximum atomic E-state index is 14.2. The molecule has 1 aromatic heterocycles. The Balaban J connectivity index is 1.91. The Labute approximate surface area is 157 Å². The van der Waals surface area contributed by atoms with Gasteiger partial charge in [-0.25, -0.2) is 9.07 Å². The van der Waals surface area contributed by atoms with E-state index in [4.69, 9.17) is 4.74 Å². The first-order valence-electron chi connectivity index (χ1n) is 8.64. The molecule has 1 amide bonds. The first-order chi connectivity index (χ1) is 13.0. The summed E-state index contributed by atoms with van der Waals surface area (Å²) in [7, 11) is 1.46. The van der Waals surface area contributed by atoms with E-state index >= 15 is 0 Å². The molecule has 3 rings (SSSR count). The lowest BCUT2D eigenvalue weighted by atomic mass is 10.1. The van der Waals surface area contributed by atoms with Gasteiger partial charge in [-0.15, -0.1) is 5.10 Å². The quantitative estimate of drug-likeness (QED) is 0.712. The zero-order valence-corrected chi connectivity index (χ0v) is 15.4. The summed E-state index contributed by atoms with van der Waals surface area (Å²) < 4.78 is 20.8. The molecule has 6 nitrogen and oxygen atoms in total. The van der Waals surface area contributed by atoms with E-state index in [-0.39, 0.29) is 17.8 Å². The molecule has 0 atom stereocenters. The van der Waals surface area contributed by atoms with Gasteiger partial charge in [-0.2, -0.15) is 4.98 Å². The van der Waals surface area contributed by atoms with Crippen LogP contribution in [-0.4, -0.2) is 27.8 Å². The van der Waals surface area contributed by atoms with E-state index in [9.17, 15) is 9.18 Å². The summed E-state index contributed by atoms with van der Waals surface area (Å²) >= 11 is 0. The van der Waals surface area contributed by atoms with Gasteiger partial charge >= 0.3 is 6.01 Å². The molecule has 1 heterocycles. The van der Waals surface area contributed by atoms with Gasteiger partial charge in [-0.3, -0.25) is 4.79 Å². The van der Waals surface area contributed by atoms with E-state index in [0.29, 0.717) is 29.2 Å². The molecule has 0 bridgehead atoms. The van der Waals surface area contributed by atoms with Crippen molar-refractivity contribution in [3.63, 3.8) is 0 Å². The van der Waals surface area contributed by atoms with Crippen molar-refractivity contribution < 1.29 is 13.9 Å². The fourth-order valence-corrected chi connectivity index (χ4v) is 2.65. The fourth-order valence-electron chi connectivity index (χ4n) is 2.65. The number of benzene rings is 2. The molecule has 1 N–H and O–H groups in total. The molecule has 0 aliphatic rings. The number of carbonyl (C=O) groups excluding carboxylic acids is 1. The molecule has 0 radical (unpaired) electrons. The van der Waals surface area contributed by atoms with Crippen LogP contribution in [0.3, 0.4) is 0 Å². The van der Waals surface area contributed by atoms with Crippen LogP contribution in [0, 0.1) is 11.7 Å². The number of carbonyl (C=O) groups is 1. The number of halogens is 1. The molecule has 0 spiro atoms. The Kier molecular flexibility index (Phi) is 5.49. The lowest BCUT2D eigenvalue weighted by molar-refractivity contribution is -0.116. The molecule has 2 aromatic carbocycles. The smallest absolute Gasteiger partial charge is 0.336 e. The number of methoxy groups -OCH3 is 1. The standard InChI is InChI=1S/C20H21FN4O2/c1-13(2)12-18(26)22-14-8-10-15(11-9-14)25-19(23-20(24-25)27-3)16-6-4-5-7-17(16)21/h4-11,13H,12H2,1-3H3,(H,22,26). The van der Waals surface area contributed by atoms with Crippen LogP contribution in [0.25, 0.3) is 17.1 Å². The molecular formula is C20H21FN4O2. The molecule has 140 valence electrons. The van der Waals surface area contributed by atoms with Crippen LogP contribution in [0.15, 0.2) is 48.5 Å². The average Bonchev–Trinajstić information content (AvgIpc) is 3.06. The Bertz CT molecular complexity index is 935. The maximum Gasteiger partial charge on any atom is 0.336 e. The molecule has 7 heteroatoms. The third kappa shape index (κ3) is 4.31. The molecule has 0 aliphatic carbocycles. The van der Waals surface area contributed by atoms with Crippen molar-refractivity contribution in [2.45, 2.75) is 20.3 Å². The maximum absolute atomic E-state index is 14.2. The summed E-state index contributed by atoms with van der Waals surface area (Å²) in [6.07, 6.45) is 0.458. The van der Waals surface area contributed by atoms with Crippen LogP contribution >= 0.6 is 0 Å². The van der Waals surface area contributed by atoms with E-state index in [1.165, 1.54) is 17.9 Å². The van der Waals surface area contributed by atoms with Crippen molar-refractivity contribution in [1.29, 1.82) is 0 Å². The van der Waals surface area contributed by atoms with Gasteiger partial charge in [-0.05, 0) is 42.3 Å². The van der Waals surface area contributed by atoms with E-state index in [2.05, 4.69) is 15.4 Å². The number of nitrogens with zero attached hydrogens (tertiary/aromatic N) is 3. The highest BCUT2D eigenvalue weighted by atomic mass is 19.1. The second kappa shape index (κ2) is 7.99. The number of nitrogens with one attached hydrogen (secondary N) is 1. The zero-order chi connectivity index (χ0) is 19.4. The van der Waals surface area contributed by atoms with E-state index < -0.39 is 5.82 Å². The second-order valence-corrected chi connectivity index (χ2v) is 6.51. The number of anilines is 1. The largest absolute Gasteiger partial charge is 0.466 e. The average molecular weight is 368 g/mol. The summed E-state index contributed by atoms with van der Waals surface area (Å²) in [5, 5.41) is 7.13. The van der Waals surface area contributed by atoms with E-state index in [1.807, 2.05) is 13.8 Å². The number of ether oxygens (including phenoxy) is 1. The molecule has 0 fully saturated rings. The van der Waals surface area contributed by atoms with Gasteiger partial charge in [0.1, 0.15) is 5.82 Å². The third-order valence-corrected chi connectivity index (χ3v) is 3.87. The predicted octanol–water partition coefficient (Wildman–Crippen LogP) is 4.07. The van der Waals surface area contributed by atoms with Crippen LogP contribution in [-0.2, 0) is 4.79 Å². The third-order valence-electron chi connectivity index (χ3n) is 3.87. The van der Waals surface area contributed by atoms with Crippen molar-refractivity contribution >= 4 is 11.6 Å². The molecular weight excluding hydrogens is 347 g/mol. The minimum atomic E-state index is -0.397. The van der Waals surface area contributed by atoms with Crippen LogP contribution in [0.2, 0.25) is 0 Å². The summed E-state index contributed by atoms with van der Waals surface area (Å²) in [5.74, 6) is 0.190. The topological polar surface area (TPSA) is 69.0 Å². The fraction of sp³-hybridized carbons (Fsp3) is 0.250. The summed E-state index contributed by atoms with van der Waals surface area (Å²) in [6.45, 7) is 3.98. The second-order valence-electron chi connectivity index (χ2n) is 6.51. The van der Waals surface area contributed by atoms with Crippen molar-refractivity contribution in [1.82, 2.24) is 14.8 Å². The van der Waals surface area contributed by atoms with Crippen LogP contribution in [0.1, 0.15) is 20.3 Å². The lowest BCUT2D eigenvalue weighted by Gasteiger charge is -2.09. The van der Waals surface area contributed by atoms with Crippen molar-refractivity contribution in [2.75, 3.05) is 12.4 Å². The Morgan fingerprint density at radius 3 is 2.52 bits per heavy atom.